The number of methoxy groups -OCH3 is 1. The first kappa shape index (κ1) is 23.1. The van der Waals surface area contributed by atoms with E-state index in [1.165, 1.54) is 31.5 Å². The summed E-state index contributed by atoms with van der Waals surface area (Å²) >= 11 is 1.69. The second-order valence-corrected chi connectivity index (χ2v) is 7.70. The van der Waals surface area contributed by atoms with Crippen molar-refractivity contribution in [3.8, 4) is 17.2 Å². The Morgan fingerprint density at radius 2 is 2.00 bits per heavy atom. The molecule has 0 aliphatic rings. The Balaban J connectivity index is 1.79. The van der Waals surface area contributed by atoms with Crippen molar-refractivity contribution in [1.82, 2.24) is 10.3 Å². The number of hydrogen-bond donors (Lipinski definition) is 3. The van der Waals surface area contributed by atoms with Gasteiger partial charge in [0.05, 0.1) is 23.9 Å². The Labute approximate surface area is 188 Å². The van der Waals surface area contributed by atoms with E-state index in [9.17, 15) is 14.0 Å². The molecule has 0 saturated carbocycles. The number of rotatable bonds is 9. The number of primary amides is 1. The molecule has 1 aromatic heterocycles. The summed E-state index contributed by atoms with van der Waals surface area (Å²) in [4.78, 5) is 27.9. The summed E-state index contributed by atoms with van der Waals surface area (Å²) in [5.74, 6) is 0.469. The average molecular weight is 459 g/mol. The number of aromatic nitrogens is 1. The van der Waals surface area contributed by atoms with Crippen molar-refractivity contribution < 1.29 is 23.5 Å². The number of carbonyl (C=O) groups is 2. The fourth-order valence-electron chi connectivity index (χ4n) is 2.97. The van der Waals surface area contributed by atoms with E-state index in [1.54, 1.807) is 23.9 Å². The van der Waals surface area contributed by atoms with Crippen LogP contribution in [-0.2, 0) is 0 Å². The maximum absolute atomic E-state index is 14.5. The quantitative estimate of drug-likeness (QED) is 0.415. The molecule has 8 nitrogen and oxygen atoms in total. The van der Waals surface area contributed by atoms with E-state index < -0.39 is 17.8 Å². The number of nitrogens with two attached hydrogens (primary N) is 1. The third kappa shape index (κ3) is 5.58. The van der Waals surface area contributed by atoms with Crippen LogP contribution in [-0.4, -0.2) is 42.6 Å². The largest absolute Gasteiger partial charge is 0.496 e. The van der Waals surface area contributed by atoms with Gasteiger partial charge in [0.1, 0.15) is 23.1 Å². The van der Waals surface area contributed by atoms with Gasteiger partial charge in [-0.2, -0.15) is 11.8 Å². The molecule has 1 heterocycles. The minimum absolute atomic E-state index is 0.0278. The number of halogens is 1. The maximum Gasteiger partial charge on any atom is 0.319 e. The first-order valence-electron chi connectivity index (χ1n) is 9.70. The summed E-state index contributed by atoms with van der Waals surface area (Å²) in [5.41, 5.74) is 6.15. The van der Waals surface area contributed by atoms with Crippen molar-refractivity contribution >= 4 is 40.3 Å². The number of urea groups is 1. The van der Waals surface area contributed by atoms with Gasteiger partial charge in [0, 0.05) is 30.3 Å². The third-order valence-corrected chi connectivity index (χ3v) is 5.21. The van der Waals surface area contributed by atoms with Gasteiger partial charge in [-0.25, -0.2) is 9.18 Å². The summed E-state index contributed by atoms with van der Waals surface area (Å²) in [6.45, 7) is 0.503. The molecule has 0 aliphatic heterocycles. The van der Waals surface area contributed by atoms with Crippen LogP contribution in [0.25, 0.3) is 10.9 Å². The number of anilines is 1. The van der Waals surface area contributed by atoms with E-state index in [1.807, 2.05) is 6.26 Å². The predicted molar refractivity (Wildman–Crippen MR) is 123 cm³/mol. The standard InChI is InChI=1S/C22H23FN4O4S/c1-30-20-12-18-14(11-15(20)21(24)28)19(6-8-25-18)31-13-4-5-17(16(23)10-13)27-22(29)26-7-3-9-32-2/h4-6,8,10-12H,3,7,9H2,1-2H3,(H2,24,28)(H2,26,27,29). The van der Waals surface area contributed by atoms with Crippen LogP contribution in [0.15, 0.2) is 42.6 Å². The predicted octanol–water partition coefficient (Wildman–Crippen LogP) is 4.15. The molecule has 10 heteroatoms. The van der Waals surface area contributed by atoms with Gasteiger partial charge in [-0.3, -0.25) is 9.78 Å². The molecule has 2 aromatic carbocycles. The van der Waals surface area contributed by atoms with E-state index in [4.69, 9.17) is 15.2 Å². The van der Waals surface area contributed by atoms with E-state index in [2.05, 4.69) is 15.6 Å². The molecule has 168 valence electrons. The van der Waals surface area contributed by atoms with Gasteiger partial charge in [0.15, 0.2) is 0 Å². The molecule has 32 heavy (non-hydrogen) atoms. The van der Waals surface area contributed by atoms with Crippen LogP contribution in [0.2, 0.25) is 0 Å². The van der Waals surface area contributed by atoms with Crippen molar-refractivity contribution in [3.63, 3.8) is 0 Å². The molecular formula is C22H23FN4O4S. The number of hydrogen-bond acceptors (Lipinski definition) is 6. The van der Waals surface area contributed by atoms with E-state index in [0.29, 0.717) is 28.9 Å². The van der Waals surface area contributed by atoms with Crippen LogP contribution in [0.1, 0.15) is 16.8 Å². The first-order valence-corrected chi connectivity index (χ1v) is 11.1. The number of nitrogens with zero attached hydrogens (tertiary/aromatic N) is 1. The fourth-order valence-corrected chi connectivity index (χ4v) is 3.40. The molecule has 0 fully saturated rings. The summed E-state index contributed by atoms with van der Waals surface area (Å²) in [6.07, 6.45) is 4.34. The molecule has 3 aromatic rings. The second kappa shape index (κ2) is 10.7. The Bertz CT molecular complexity index is 1140. The van der Waals surface area contributed by atoms with E-state index >= 15 is 0 Å². The summed E-state index contributed by atoms with van der Waals surface area (Å²) in [5, 5.41) is 5.66. The van der Waals surface area contributed by atoms with Crippen molar-refractivity contribution in [1.29, 1.82) is 0 Å². The van der Waals surface area contributed by atoms with Crippen LogP contribution in [0.5, 0.6) is 17.2 Å². The lowest BCUT2D eigenvalue weighted by molar-refractivity contribution is 0.0997. The summed E-state index contributed by atoms with van der Waals surface area (Å²) in [6, 6.07) is 8.30. The highest BCUT2D eigenvalue weighted by Crippen LogP contribution is 2.34. The molecule has 3 amide bonds. The highest BCUT2D eigenvalue weighted by molar-refractivity contribution is 7.98. The summed E-state index contributed by atoms with van der Waals surface area (Å²) < 4.78 is 25.5. The fraction of sp³-hybridized carbons (Fsp3) is 0.227. The monoisotopic (exact) mass is 458 g/mol. The average Bonchev–Trinajstić information content (AvgIpc) is 2.77. The van der Waals surface area contributed by atoms with Gasteiger partial charge in [-0.1, -0.05) is 0 Å². The lowest BCUT2D eigenvalue weighted by Gasteiger charge is -2.13. The lowest BCUT2D eigenvalue weighted by atomic mass is 10.1. The number of ether oxygens (including phenoxy) is 2. The Hall–Kier alpha value is -3.53. The van der Waals surface area contributed by atoms with Crippen LogP contribution in [0.3, 0.4) is 0 Å². The smallest absolute Gasteiger partial charge is 0.319 e. The molecule has 0 spiro atoms. The molecule has 0 radical (unpaired) electrons. The van der Waals surface area contributed by atoms with Gasteiger partial charge >= 0.3 is 6.03 Å². The molecule has 0 saturated heterocycles. The van der Waals surface area contributed by atoms with Gasteiger partial charge in [0.25, 0.3) is 5.91 Å². The Kier molecular flexibility index (Phi) is 7.72. The number of amides is 3. The van der Waals surface area contributed by atoms with Gasteiger partial charge in [0.2, 0.25) is 0 Å². The van der Waals surface area contributed by atoms with E-state index in [-0.39, 0.29) is 17.0 Å². The highest BCUT2D eigenvalue weighted by Gasteiger charge is 2.15. The number of carbonyl (C=O) groups excluding carboxylic acids is 2. The molecule has 0 unspecified atom stereocenters. The summed E-state index contributed by atoms with van der Waals surface area (Å²) in [7, 11) is 1.43. The van der Waals surface area contributed by atoms with Crippen molar-refractivity contribution in [3.05, 3.63) is 54.0 Å². The topological polar surface area (TPSA) is 116 Å². The molecule has 0 aliphatic carbocycles. The zero-order valence-corrected chi connectivity index (χ0v) is 18.4. The Morgan fingerprint density at radius 3 is 2.69 bits per heavy atom. The third-order valence-electron chi connectivity index (χ3n) is 4.52. The number of benzene rings is 2. The molecule has 3 rings (SSSR count). The first-order chi connectivity index (χ1) is 15.4. The molecule has 0 atom stereocenters. The minimum atomic E-state index is -0.660. The number of fused-ring (bicyclic) bond motifs is 1. The number of nitrogens with one attached hydrogen (secondary N) is 2. The van der Waals surface area contributed by atoms with Gasteiger partial charge in [-0.05, 0) is 42.7 Å². The number of thioether (sulfide) groups is 1. The van der Waals surface area contributed by atoms with Crippen LogP contribution >= 0.6 is 11.8 Å². The van der Waals surface area contributed by atoms with Gasteiger partial charge in [-0.15, -0.1) is 0 Å². The molecule has 0 bridgehead atoms. The maximum atomic E-state index is 14.5. The van der Waals surface area contributed by atoms with E-state index in [0.717, 1.165) is 18.2 Å². The normalized spacial score (nSPS) is 10.6. The van der Waals surface area contributed by atoms with Crippen LogP contribution in [0, 0.1) is 5.82 Å². The zero-order valence-electron chi connectivity index (χ0n) is 17.6. The van der Waals surface area contributed by atoms with Crippen molar-refractivity contribution in [2.45, 2.75) is 6.42 Å². The second-order valence-electron chi connectivity index (χ2n) is 6.71. The highest BCUT2D eigenvalue weighted by atomic mass is 32.2. The SMILES string of the molecule is COc1cc2nccc(Oc3ccc(NC(=O)NCCCSC)c(F)c3)c2cc1C(N)=O. The molecular weight excluding hydrogens is 435 g/mol. The minimum Gasteiger partial charge on any atom is -0.496 e. The molecule has 4 N–H and O–H groups in total. The van der Waals surface area contributed by atoms with Crippen LogP contribution < -0.4 is 25.8 Å². The number of pyridine rings is 1. The van der Waals surface area contributed by atoms with Crippen LogP contribution in [0.4, 0.5) is 14.9 Å². The lowest BCUT2D eigenvalue weighted by Crippen LogP contribution is -2.30. The zero-order chi connectivity index (χ0) is 23.1. The van der Waals surface area contributed by atoms with Gasteiger partial charge < -0.3 is 25.8 Å². The van der Waals surface area contributed by atoms with Crippen molar-refractivity contribution in [2.24, 2.45) is 5.73 Å². The van der Waals surface area contributed by atoms with Crippen molar-refractivity contribution in [2.75, 3.05) is 31.0 Å². The Morgan fingerprint density at radius 1 is 1.19 bits per heavy atom.